The van der Waals surface area contributed by atoms with Crippen molar-refractivity contribution in [3.63, 3.8) is 0 Å². The minimum absolute atomic E-state index is 0.353. The molecule has 0 bridgehead atoms. The van der Waals surface area contributed by atoms with Crippen LogP contribution in [0, 0.1) is 15.9 Å². The molecule has 0 saturated carbocycles. The molecule has 1 aromatic rings. The molecule has 1 aromatic heterocycles. The molecule has 0 amide bonds. The van der Waals surface area contributed by atoms with Crippen molar-refractivity contribution >= 4 is 5.82 Å². The van der Waals surface area contributed by atoms with Crippen molar-refractivity contribution < 1.29 is 32.3 Å². The summed E-state index contributed by atoms with van der Waals surface area (Å²) in [7, 11) is 0. The van der Waals surface area contributed by atoms with Crippen LogP contribution in [0.3, 0.4) is 0 Å². The number of nitrogens with zero attached hydrogens (tertiary/aromatic N) is 2. The van der Waals surface area contributed by atoms with Crippen LogP contribution >= 0.6 is 0 Å². The van der Waals surface area contributed by atoms with E-state index in [1.165, 1.54) is 0 Å². The molecule has 0 fully saturated rings. The van der Waals surface area contributed by atoms with Gasteiger partial charge in [0.25, 0.3) is 0 Å². The number of alkyl halides is 3. The lowest BCUT2D eigenvalue weighted by molar-refractivity contribution is -0.391. The van der Waals surface area contributed by atoms with E-state index in [9.17, 15) is 27.7 Å². The summed E-state index contributed by atoms with van der Waals surface area (Å²) in [5.74, 6) is -4.23. The highest BCUT2D eigenvalue weighted by Gasteiger charge is 2.36. The van der Waals surface area contributed by atoms with Crippen molar-refractivity contribution in [2.45, 2.75) is 13.0 Å². The third kappa shape index (κ3) is 3.24. The van der Waals surface area contributed by atoms with E-state index in [1.807, 2.05) is 0 Å². The maximum atomic E-state index is 13.0. The molecular weight excluding hydrogens is 252 g/mol. The zero-order valence-corrected chi connectivity index (χ0v) is 7.86. The lowest BCUT2D eigenvalue weighted by atomic mass is 10.2. The maximum Gasteiger partial charge on any atom is 0.575 e. The fraction of sp³-hybridized carbons (Fsp3) is 0.286. The van der Waals surface area contributed by atoms with Gasteiger partial charge in [0.2, 0.25) is 5.82 Å². The molecule has 0 aliphatic rings. The molecule has 0 spiro atoms. The maximum absolute atomic E-state index is 13.0. The van der Waals surface area contributed by atoms with Crippen LogP contribution in [-0.2, 0) is 6.61 Å². The van der Waals surface area contributed by atoms with Gasteiger partial charge in [-0.25, -0.2) is 0 Å². The molecule has 94 valence electrons. The van der Waals surface area contributed by atoms with E-state index < -0.39 is 41.0 Å². The number of ether oxygens (including phenoxy) is 1. The van der Waals surface area contributed by atoms with E-state index in [-0.39, 0.29) is 0 Å². The number of pyridine rings is 1. The topological polar surface area (TPSA) is 85.5 Å². The summed E-state index contributed by atoms with van der Waals surface area (Å²) in [6.07, 6.45) is -5.22. The van der Waals surface area contributed by atoms with E-state index in [4.69, 9.17) is 5.11 Å². The number of hydrogen-bond donors (Lipinski definition) is 1. The summed E-state index contributed by atoms with van der Waals surface area (Å²) in [6, 6.07) is 0.353. The van der Waals surface area contributed by atoms with Gasteiger partial charge in [-0.05, 0) is 11.0 Å². The van der Waals surface area contributed by atoms with Gasteiger partial charge >= 0.3 is 18.1 Å². The van der Waals surface area contributed by atoms with Crippen LogP contribution in [-0.4, -0.2) is 21.4 Å². The minimum Gasteiger partial charge on any atom is -0.391 e. The molecule has 0 radical (unpaired) electrons. The van der Waals surface area contributed by atoms with Gasteiger partial charge < -0.3 is 20.0 Å². The molecule has 0 aromatic carbocycles. The highest BCUT2D eigenvalue weighted by atomic mass is 19.4. The second kappa shape index (κ2) is 4.49. The molecule has 1 heterocycles. The van der Waals surface area contributed by atoms with Gasteiger partial charge in [0.15, 0.2) is 0 Å². The smallest absolute Gasteiger partial charge is 0.391 e. The number of aliphatic hydroxyl groups excluding tert-OH is 1. The number of rotatable bonds is 3. The third-order valence-electron chi connectivity index (χ3n) is 1.56. The Morgan fingerprint density at radius 2 is 2.12 bits per heavy atom. The van der Waals surface area contributed by atoms with Crippen LogP contribution in [0.15, 0.2) is 6.07 Å². The van der Waals surface area contributed by atoms with Gasteiger partial charge in [-0.3, -0.25) is 0 Å². The first-order valence-corrected chi connectivity index (χ1v) is 3.95. The standard InChI is InChI=1S/C7H4F4N2O4/c8-4-1-3(2-14)5(13(15)16)12-6(4)17-7(9,10)11/h1,14H,2H2. The quantitative estimate of drug-likeness (QED) is 0.503. The molecule has 6 nitrogen and oxygen atoms in total. The van der Waals surface area contributed by atoms with Crippen LogP contribution in [0.25, 0.3) is 0 Å². The summed E-state index contributed by atoms with van der Waals surface area (Å²) < 4.78 is 51.5. The monoisotopic (exact) mass is 256 g/mol. The van der Waals surface area contributed by atoms with Crippen LogP contribution in [0.2, 0.25) is 0 Å². The van der Waals surface area contributed by atoms with Crippen LogP contribution in [0.1, 0.15) is 5.56 Å². The Bertz CT molecular complexity index is 448. The van der Waals surface area contributed by atoms with Gasteiger partial charge in [0.1, 0.15) is 0 Å². The van der Waals surface area contributed by atoms with Crippen molar-refractivity contribution in [3.05, 3.63) is 27.6 Å². The normalized spacial score (nSPS) is 11.4. The Morgan fingerprint density at radius 1 is 1.53 bits per heavy atom. The van der Waals surface area contributed by atoms with E-state index in [0.717, 1.165) is 0 Å². The van der Waals surface area contributed by atoms with E-state index in [1.54, 1.807) is 0 Å². The van der Waals surface area contributed by atoms with Crippen molar-refractivity contribution in [1.29, 1.82) is 0 Å². The Labute approximate surface area is 90.6 Å². The summed E-state index contributed by atoms with van der Waals surface area (Å²) in [6.45, 7) is -0.938. The highest BCUT2D eigenvalue weighted by Crippen LogP contribution is 2.28. The van der Waals surface area contributed by atoms with Gasteiger partial charge in [-0.15, -0.1) is 13.2 Å². The molecule has 1 N–H and O–H groups in total. The predicted molar refractivity (Wildman–Crippen MR) is 43.5 cm³/mol. The minimum atomic E-state index is -5.22. The fourth-order valence-electron chi connectivity index (χ4n) is 0.956. The molecule has 10 heteroatoms. The SMILES string of the molecule is O=[N+]([O-])c1nc(OC(F)(F)F)c(F)cc1CO. The highest BCUT2D eigenvalue weighted by molar-refractivity contribution is 5.36. The Kier molecular flexibility index (Phi) is 3.46. The molecule has 0 saturated heterocycles. The van der Waals surface area contributed by atoms with Gasteiger partial charge in [-0.1, -0.05) is 0 Å². The molecule has 17 heavy (non-hydrogen) atoms. The first kappa shape index (κ1) is 13.1. The average Bonchev–Trinajstić information content (AvgIpc) is 2.18. The molecule has 0 aliphatic carbocycles. The second-order valence-corrected chi connectivity index (χ2v) is 2.72. The Morgan fingerprint density at radius 3 is 2.53 bits per heavy atom. The second-order valence-electron chi connectivity index (χ2n) is 2.72. The zero-order chi connectivity index (χ0) is 13.2. The summed E-state index contributed by atoms with van der Waals surface area (Å²) >= 11 is 0. The number of hydrogen-bond acceptors (Lipinski definition) is 5. The van der Waals surface area contributed by atoms with E-state index in [0.29, 0.717) is 6.07 Å². The molecular formula is C7H4F4N2O4. The average molecular weight is 256 g/mol. The lowest BCUT2D eigenvalue weighted by Gasteiger charge is -2.06. The number of nitro groups is 1. The van der Waals surface area contributed by atoms with E-state index >= 15 is 0 Å². The number of aliphatic hydroxyl groups is 1. The predicted octanol–water partition coefficient (Wildman–Crippen LogP) is 1.52. The summed E-state index contributed by atoms with van der Waals surface area (Å²) in [4.78, 5) is 12.0. The first-order valence-electron chi connectivity index (χ1n) is 3.95. The third-order valence-corrected chi connectivity index (χ3v) is 1.56. The first-order chi connectivity index (χ1) is 7.74. The van der Waals surface area contributed by atoms with Gasteiger partial charge in [0.05, 0.1) is 12.2 Å². The van der Waals surface area contributed by atoms with Crippen LogP contribution < -0.4 is 4.74 Å². The number of halogens is 4. The van der Waals surface area contributed by atoms with Crippen molar-refractivity contribution in [2.24, 2.45) is 0 Å². The van der Waals surface area contributed by atoms with Crippen molar-refractivity contribution in [2.75, 3.05) is 0 Å². The van der Waals surface area contributed by atoms with Crippen LogP contribution in [0.4, 0.5) is 23.4 Å². The van der Waals surface area contributed by atoms with E-state index in [2.05, 4.69) is 9.72 Å². The number of aromatic nitrogens is 1. The Balaban J connectivity index is 3.25. The largest absolute Gasteiger partial charge is 0.575 e. The zero-order valence-electron chi connectivity index (χ0n) is 7.86. The van der Waals surface area contributed by atoms with Gasteiger partial charge in [-0.2, -0.15) is 4.39 Å². The molecule has 0 atom stereocenters. The Hall–Kier alpha value is -1.97. The van der Waals surface area contributed by atoms with Gasteiger partial charge in [0, 0.05) is 4.98 Å². The summed E-state index contributed by atoms with van der Waals surface area (Å²) in [5, 5.41) is 19.0. The molecule has 0 aliphatic heterocycles. The lowest BCUT2D eigenvalue weighted by Crippen LogP contribution is -2.19. The van der Waals surface area contributed by atoms with Crippen LogP contribution in [0.5, 0.6) is 5.88 Å². The molecule has 0 unspecified atom stereocenters. The summed E-state index contributed by atoms with van der Waals surface area (Å²) in [5.41, 5.74) is -0.554. The fourth-order valence-corrected chi connectivity index (χ4v) is 0.956. The molecule has 1 rings (SSSR count). The van der Waals surface area contributed by atoms with Crippen molar-refractivity contribution in [3.8, 4) is 5.88 Å². The van der Waals surface area contributed by atoms with Crippen molar-refractivity contribution in [1.82, 2.24) is 4.98 Å².